The molecule has 1 aromatic carbocycles. The van der Waals surface area contributed by atoms with Crippen LogP contribution in [0, 0.1) is 0 Å². The van der Waals surface area contributed by atoms with Crippen molar-refractivity contribution in [1.82, 2.24) is 15.1 Å². The average molecular weight is 338 g/mol. The molecule has 1 fully saturated rings. The molecule has 0 radical (unpaired) electrons. The van der Waals surface area contributed by atoms with Crippen LogP contribution in [0.2, 0.25) is 5.02 Å². The number of carbonyl (C=O) groups excluding carboxylic acids is 2. The van der Waals surface area contributed by atoms with Gasteiger partial charge in [-0.15, -0.1) is 0 Å². The van der Waals surface area contributed by atoms with Crippen molar-refractivity contribution in [2.45, 2.75) is 31.8 Å². The molecule has 1 aliphatic rings. The maximum Gasteiger partial charge on any atom is 0.239 e. The Morgan fingerprint density at radius 3 is 2.78 bits per heavy atom. The fraction of sp³-hybridized carbons (Fsp3) is 0.529. The fourth-order valence-electron chi connectivity index (χ4n) is 2.84. The van der Waals surface area contributed by atoms with Crippen molar-refractivity contribution in [3.8, 4) is 0 Å². The third kappa shape index (κ3) is 4.94. The van der Waals surface area contributed by atoms with Crippen LogP contribution in [-0.4, -0.2) is 54.8 Å². The molecule has 0 spiro atoms. The zero-order chi connectivity index (χ0) is 16.8. The van der Waals surface area contributed by atoms with Crippen molar-refractivity contribution >= 4 is 23.4 Å². The predicted molar refractivity (Wildman–Crippen MR) is 91.2 cm³/mol. The molecule has 5 nitrogen and oxygen atoms in total. The highest BCUT2D eigenvalue weighted by molar-refractivity contribution is 6.31. The lowest BCUT2D eigenvalue weighted by Crippen LogP contribution is -2.43. The first-order chi connectivity index (χ1) is 11.0. The molecule has 1 aromatic rings. The van der Waals surface area contributed by atoms with Crippen molar-refractivity contribution in [3.63, 3.8) is 0 Å². The summed E-state index contributed by atoms with van der Waals surface area (Å²) in [6.45, 7) is 1.92. The van der Waals surface area contributed by atoms with Crippen molar-refractivity contribution in [3.05, 3.63) is 34.9 Å². The number of carbonyl (C=O) groups is 2. The lowest BCUT2D eigenvalue weighted by atomic mass is 10.2. The van der Waals surface area contributed by atoms with Crippen LogP contribution in [0.25, 0.3) is 0 Å². The minimum atomic E-state index is -0.0821. The Morgan fingerprint density at radius 2 is 2.09 bits per heavy atom. The number of likely N-dealkylation sites (tertiary alicyclic amines) is 1. The summed E-state index contributed by atoms with van der Waals surface area (Å²) in [5.41, 5.74) is 0.907. The lowest BCUT2D eigenvalue weighted by Gasteiger charge is -2.25. The summed E-state index contributed by atoms with van der Waals surface area (Å²) in [4.78, 5) is 27.9. The van der Waals surface area contributed by atoms with Crippen molar-refractivity contribution < 1.29 is 9.59 Å². The van der Waals surface area contributed by atoms with E-state index in [1.165, 1.54) is 0 Å². The third-order valence-electron chi connectivity index (χ3n) is 4.15. The molecule has 2 rings (SSSR count). The van der Waals surface area contributed by atoms with E-state index in [1.807, 2.05) is 24.3 Å². The van der Waals surface area contributed by atoms with Gasteiger partial charge in [0.1, 0.15) is 0 Å². The summed E-state index contributed by atoms with van der Waals surface area (Å²) < 4.78 is 0. The molecule has 126 valence electrons. The van der Waals surface area contributed by atoms with Crippen LogP contribution in [-0.2, 0) is 16.1 Å². The van der Waals surface area contributed by atoms with E-state index in [9.17, 15) is 9.59 Å². The van der Waals surface area contributed by atoms with Crippen LogP contribution in [0.15, 0.2) is 24.3 Å². The molecule has 23 heavy (non-hydrogen) atoms. The SMILES string of the molecule is CN(C)C(=O)C1CCCN1CCC(=O)NCc1ccccc1Cl. The summed E-state index contributed by atoms with van der Waals surface area (Å²) in [6.07, 6.45) is 2.27. The largest absolute Gasteiger partial charge is 0.352 e. The number of nitrogens with zero attached hydrogens (tertiary/aromatic N) is 2. The van der Waals surface area contributed by atoms with Gasteiger partial charge in [-0.3, -0.25) is 14.5 Å². The van der Waals surface area contributed by atoms with Crippen LogP contribution in [0.3, 0.4) is 0 Å². The molecule has 1 saturated heterocycles. The van der Waals surface area contributed by atoms with Crippen LogP contribution >= 0.6 is 11.6 Å². The second-order valence-electron chi connectivity index (χ2n) is 6.04. The Balaban J connectivity index is 1.78. The number of rotatable bonds is 6. The Bertz CT molecular complexity index is 563. The first-order valence-electron chi connectivity index (χ1n) is 7.94. The first-order valence-corrected chi connectivity index (χ1v) is 8.32. The summed E-state index contributed by atoms with van der Waals surface area (Å²) in [6, 6.07) is 7.39. The third-order valence-corrected chi connectivity index (χ3v) is 4.52. The molecular weight excluding hydrogens is 314 g/mol. The maximum atomic E-state index is 12.1. The molecule has 0 saturated carbocycles. The molecule has 1 heterocycles. The quantitative estimate of drug-likeness (QED) is 0.862. The van der Waals surface area contributed by atoms with Gasteiger partial charge in [0, 0.05) is 38.6 Å². The minimum absolute atomic E-state index is 0.0205. The van der Waals surface area contributed by atoms with E-state index in [2.05, 4.69) is 10.2 Å². The number of benzene rings is 1. The maximum absolute atomic E-state index is 12.1. The summed E-state index contributed by atoms with van der Waals surface area (Å²) in [5, 5.41) is 3.54. The minimum Gasteiger partial charge on any atom is -0.352 e. The first kappa shape index (κ1) is 17.8. The molecule has 6 heteroatoms. The van der Waals surface area contributed by atoms with Crippen LogP contribution < -0.4 is 5.32 Å². The van der Waals surface area contributed by atoms with E-state index < -0.39 is 0 Å². The van der Waals surface area contributed by atoms with E-state index in [-0.39, 0.29) is 17.9 Å². The van der Waals surface area contributed by atoms with Crippen LogP contribution in [0.1, 0.15) is 24.8 Å². The fourth-order valence-corrected chi connectivity index (χ4v) is 3.04. The van der Waals surface area contributed by atoms with Gasteiger partial charge in [-0.2, -0.15) is 0 Å². The van der Waals surface area contributed by atoms with E-state index in [0.717, 1.165) is 24.9 Å². The van der Waals surface area contributed by atoms with Crippen LogP contribution in [0.5, 0.6) is 0 Å². The van der Waals surface area contributed by atoms with Gasteiger partial charge >= 0.3 is 0 Å². The van der Waals surface area contributed by atoms with Gasteiger partial charge in [-0.25, -0.2) is 0 Å². The molecular formula is C17H24ClN3O2. The second kappa shape index (κ2) is 8.31. The summed E-state index contributed by atoms with van der Waals surface area (Å²) >= 11 is 6.07. The average Bonchev–Trinajstić information content (AvgIpc) is 2.99. The number of hydrogen-bond donors (Lipinski definition) is 1. The molecule has 0 aromatic heterocycles. The van der Waals surface area contributed by atoms with Gasteiger partial charge in [0.15, 0.2) is 0 Å². The Morgan fingerprint density at radius 1 is 1.35 bits per heavy atom. The topological polar surface area (TPSA) is 52.7 Å². The zero-order valence-corrected chi connectivity index (χ0v) is 14.5. The molecule has 1 atom stereocenters. The number of nitrogens with one attached hydrogen (secondary N) is 1. The summed E-state index contributed by atoms with van der Waals surface area (Å²) in [5.74, 6) is 0.104. The molecule has 2 amide bonds. The van der Waals surface area contributed by atoms with Crippen LogP contribution in [0.4, 0.5) is 0 Å². The predicted octanol–water partition coefficient (Wildman–Crippen LogP) is 1.90. The normalized spacial score (nSPS) is 18.0. The Labute approximate surface area is 142 Å². The monoisotopic (exact) mass is 337 g/mol. The van der Waals surface area contributed by atoms with Crippen molar-refractivity contribution in [2.75, 3.05) is 27.2 Å². The van der Waals surface area contributed by atoms with Gasteiger partial charge < -0.3 is 10.2 Å². The highest BCUT2D eigenvalue weighted by Crippen LogP contribution is 2.19. The smallest absolute Gasteiger partial charge is 0.239 e. The highest BCUT2D eigenvalue weighted by atomic mass is 35.5. The van der Waals surface area contributed by atoms with Gasteiger partial charge in [0.25, 0.3) is 0 Å². The second-order valence-corrected chi connectivity index (χ2v) is 6.45. The Kier molecular flexibility index (Phi) is 6.42. The van der Waals surface area contributed by atoms with Gasteiger partial charge in [0.2, 0.25) is 11.8 Å². The van der Waals surface area contributed by atoms with Gasteiger partial charge in [-0.05, 0) is 31.0 Å². The van der Waals surface area contributed by atoms with Crippen molar-refractivity contribution in [1.29, 1.82) is 0 Å². The van der Waals surface area contributed by atoms with E-state index in [1.54, 1.807) is 19.0 Å². The lowest BCUT2D eigenvalue weighted by molar-refractivity contribution is -0.134. The molecule has 1 aliphatic heterocycles. The number of likely N-dealkylation sites (N-methyl/N-ethyl adjacent to an activating group) is 1. The number of hydrogen-bond acceptors (Lipinski definition) is 3. The molecule has 1 N–H and O–H groups in total. The summed E-state index contributed by atoms with van der Waals surface area (Å²) in [7, 11) is 3.55. The van der Waals surface area contributed by atoms with Gasteiger partial charge in [-0.1, -0.05) is 29.8 Å². The number of halogens is 1. The van der Waals surface area contributed by atoms with E-state index in [4.69, 9.17) is 11.6 Å². The zero-order valence-electron chi connectivity index (χ0n) is 13.7. The number of amides is 2. The Hall–Kier alpha value is -1.59. The molecule has 1 unspecified atom stereocenters. The molecule has 0 bridgehead atoms. The van der Waals surface area contributed by atoms with Gasteiger partial charge in [0.05, 0.1) is 6.04 Å². The van der Waals surface area contributed by atoms with Crippen molar-refractivity contribution in [2.24, 2.45) is 0 Å². The van der Waals surface area contributed by atoms with E-state index in [0.29, 0.717) is 24.5 Å². The standard InChI is InChI=1S/C17H24ClN3O2/c1-20(2)17(23)15-8-5-10-21(15)11-9-16(22)19-12-13-6-3-4-7-14(13)18/h3-4,6-7,15H,5,8-12H2,1-2H3,(H,19,22). The molecule has 0 aliphatic carbocycles. The van der Waals surface area contributed by atoms with E-state index >= 15 is 0 Å². The highest BCUT2D eigenvalue weighted by Gasteiger charge is 2.31.